The molecular weight excluding hydrogens is 583 g/mol. The molecule has 4 rings (SSSR count). The van der Waals surface area contributed by atoms with E-state index in [2.05, 4.69) is 10.1 Å². The van der Waals surface area contributed by atoms with E-state index in [0.717, 1.165) is 43.2 Å². The van der Waals surface area contributed by atoms with Gasteiger partial charge in [-0.1, -0.05) is 6.92 Å². The molecule has 0 aromatic heterocycles. The number of alkyl halides is 9. The predicted octanol–water partition coefficient (Wildman–Crippen LogP) is 8.00. The number of carbonyl (C=O) groups is 2. The highest BCUT2D eigenvalue weighted by Crippen LogP contribution is 2.47. The normalized spacial score (nSPS) is 18.6. The number of amides is 1. The van der Waals surface area contributed by atoms with Gasteiger partial charge in [0.1, 0.15) is 0 Å². The molecule has 232 valence electrons. The number of rotatable bonds is 7. The highest BCUT2D eigenvalue weighted by molar-refractivity contribution is 5.75. The van der Waals surface area contributed by atoms with Crippen LogP contribution >= 0.6 is 0 Å². The summed E-state index contributed by atoms with van der Waals surface area (Å²) in [5.41, 5.74) is -4.00. The summed E-state index contributed by atoms with van der Waals surface area (Å²) in [7, 11) is 0. The fourth-order valence-corrected chi connectivity index (χ4v) is 4.79. The first-order chi connectivity index (χ1) is 19.5. The first-order valence-electron chi connectivity index (χ1n) is 13.0. The number of nitrogens with zero attached hydrogens (tertiary/aromatic N) is 1. The van der Waals surface area contributed by atoms with Gasteiger partial charge in [-0.2, -0.15) is 39.5 Å². The van der Waals surface area contributed by atoms with Gasteiger partial charge in [0.25, 0.3) is 6.47 Å². The zero-order valence-corrected chi connectivity index (χ0v) is 22.6. The molecular formula is C28H29F9N2O3. The molecule has 0 bridgehead atoms. The second-order valence-electron chi connectivity index (χ2n) is 10.2. The van der Waals surface area contributed by atoms with Gasteiger partial charge >= 0.3 is 18.5 Å². The molecule has 14 heteroatoms. The lowest BCUT2D eigenvalue weighted by molar-refractivity contribution is -0.143. The smallest absolute Gasteiger partial charge is 0.416 e. The van der Waals surface area contributed by atoms with Gasteiger partial charge in [-0.15, -0.1) is 0 Å². The summed E-state index contributed by atoms with van der Waals surface area (Å²) in [4.78, 5) is 23.0. The van der Waals surface area contributed by atoms with Gasteiger partial charge in [0.05, 0.1) is 29.3 Å². The van der Waals surface area contributed by atoms with Gasteiger partial charge in [-0.3, -0.25) is 9.59 Å². The molecule has 1 aliphatic heterocycles. The van der Waals surface area contributed by atoms with E-state index >= 15 is 0 Å². The third-order valence-corrected chi connectivity index (χ3v) is 6.92. The number of benzene rings is 2. The molecule has 2 aromatic rings. The van der Waals surface area contributed by atoms with Gasteiger partial charge in [-0.25, -0.2) is 0 Å². The van der Waals surface area contributed by atoms with E-state index in [1.165, 1.54) is 6.07 Å². The van der Waals surface area contributed by atoms with Crippen molar-refractivity contribution in [2.75, 3.05) is 11.9 Å². The van der Waals surface area contributed by atoms with Crippen LogP contribution in [0, 0.1) is 5.92 Å². The first kappa shape index (κ1) is 33.1. The number of hydrogen-bond acceptors (Lipinski definition) is 4. The molecule has 0 radical (unpaired) electrons. The number of carbonyl (C=O) groups excluding carboxylic acids is 2. The van der Waals surface area contributed by atoms with Crippen LogP contribution in [-0.4, -0.2) is 29.9 Å². The largest absolute Gasteiger partial charge is 0.468 e. The SMILES string of the molecule is CC(=O)N(Cc1cc(C(F)(F)F)cc(C(F)(F)F)c1)[C@H]1C[C@@H](C2CC2)Nc2ccc(C(F)(F)F)cc21.CCCOC=O. The van der Waals surface area contributed by atoms with Crippen molar-refractivity contribution in [3.05, 3.63) is 64.2 Å². The first-order valence-corrected chi connectivity index (χ1v) is 13.0. The molecule has 5 nitrogen and oxygen atoms in total. The topological polar surface area (TPSA) is 58.6 Å². The quantitative estimate of drug-likeness (QED) is 0.196. The number of fused-ring (bicyclic) bond motifs is 1. The van der Waals surface area contributed by atoms with Crippen molar-refractivity contribution in [1.29, 1.82) is 0 Å². The molecule has 1 N–H and O–H groups in total. The van der Waals surface area contributed by atoms with Gasteiger partial charge in [0.15, 0.2) is 0 Å². The fourth-order valence-electron chi connectivity index (χ4n) is 4.79. The van der Waals surface area contributed by atoms with Crippen molar-refractivity contribution in [3.63, 3.8) is 0 Å². The molecule has 1 saturated carbocycles. The van der Waals surface area contributed by atoms with Crippen LogP contribution < -0.4 is 5.32 Å². The zero-order valence-electron chi connectivity index (χ0n) is 22.6. The van der Waals surface area contributed by atoms with E-state index in [0.29, 0.717) is 30.9 Å². The van der Waals surface area contributed by atoms with Crippen molar-refractivity contribution in [1.82, 2.24) is 4.90 Å². The summed E-state index contributed by atoms with van der Waals surface area (Å²) in [6, 6.07) is 2.86. The minimum atomic E-state index is -5.07. The standard InChI is InChI=1S/C24H21F9N2O.C4H8O2/c1-12(36)35(11-13-6-16(23(28,29)30)8-17(7-13)24(31,32)33)21-10-20(14-2-3-14)34-19-5-4-15(9-18(19)21)22(25,26)27;1-2-3-6-4-5/h4-9,14,20-21,34H,2-3,10-11H2,1H3;4H,2-3H2,1H3/t20-,21-;/m0./s1. The van der Waals surface area contributed by atoms with Crippen LogP contribution in [0.2, 0.25) is 0 Å². The Morgan fingerprint density at radius 2 is 1.50 bits per heavy atom. The summed E-state index contributed by atoms with van der Waals surface area (Å²) in [5.74, 6) is -0.479. The van der Waals surface area contributed by atoms with Crippen LogP contribution in [0.15, 0.2) is 36.4 Å². The van der Waals surface area contributed by atoms with Gasteiger partial charge < -0.3 is 15.0 Å². The van der Waals surface area contributed by atoms with Crippen molar-refractivity contribution in [2.24, 2.45) is 5.92 Å². The van der Waals surface area contributed by atoms with E-state index < -0.39 is 59.3 Å². The maximum absolute atomic E-state index is 13.4. The summed E-state index contributed by atoms with van der Waals surface area (Å²) < 4.78 is 124. The molecule has 0 spiro atoms. The Labute approximate surface area is 236 Å². The minimum absolute atomic E-state index is 0.0137. The average Bonchev–Trinajstić information content (AvgIpc) is 3.74. The van der Waals surface area contributed by atoms with Crippen LogP contribution in [0.1, 0.15) is 73.4 Å². The molecule has 1 amide bonds. The van der Waals surface area contributed by atoms with Gasteiger partial charge in [-0.05, 0) is 79.1 Å². The number of nitrogens with one attached hydrogen (secondary N) is 1. The Hall–Kier alpha value is -3.45. The maximum Gasteiger partial charge on any atom is 0.416 e. The Morgan fingerprint density at radius 1 is 0.929 bits per heavy atom. The van der Waals surface area contributed by atoms with Crippen LogP contribution in [0.25, 0.3) is 0 Å². The fraction of sp³-hybridized carbons (Fsp3) is 0.500. The number of hydrogen-bond donors (Lipinski definition) is 1. The van der Waals surface area contributed by atoms with Gasteiger partial charge in [0, 0.05) is 25.2 Å². The van der Waals surface area contributed by atoms with Crippen molar-refractivity contribution >= 4 is 18.1 Å². The zero-order chi connectivity index (χ0) is 31.5. The monoisotopic (exact) mass is 612 g/mol. The predicted molar refractivity (Wildman–Crippen MR) is 134 cm³/mol. The van der Waals surface area contributed by atoms with Crippen LogP contribution in [-0.2, 0) is 39.4 Å². The molecule has 2 aliphatic rings. The Balaban J connectivity index is 0.000000730. The number of halogens is 9. The summed E-state index contributed by atoms with van der Waals surface area (Å²) in [6.45, 7) is 3.40. The average molecular weight is 613 g/mol. The lowest BCUT2D eigenvalue weighted by Crippen LogP contribution is -2.40. The molecule has 1 heterocycles. The summed E-state index contributed by atoms with van der Waals surface area (Å²) >= 11 is 0. The van der Waals surface area contributed by atoms with Crippen molar-refractivity contribution in [2.45, 2.75) is 76.7 Å². The molecule has 2 aromatic carbocycles. The lowest BCUT2D eigenvalue weighted by atomic mass is 9.88. The second-order valence-corrected chi connectivity index (χ2v) is 10.2. The summed E-state index contributed by atoms with van der Waals surface area (Å²) in [6.07, 6.45) is -12.0. The number of ether oxygens (including phenoxy) is 1. The highest BCUT2D eigenvalue weighted by atomic mass is 19.4. The minimum Gasteiger partial charge on any atom is -0.468 e. The van der Waals surface area contributed by atoms with E-state index in [4.69, 9.17) is 0 Å². The Bertz CT molecular complexity index is 1220. The van der Waals surface area contributed by atoms with E-state index in [1.807, 2.05) is 6.92 Å². The maximum atomic E-state index is 13.4. The molecule has 0 unspecified atom stereocenters. The molecule has 1 fully saturated rings. The van der Waals surface area contributed by atoms with Crippen molar-refractivity contribution < 1.29 is 53.8 Å². The Kier molecular flexibility index (Phi) is 10.1. The molecule has 2 atom stereocenters. The lowest BCUT2D eigenvalue weighted by Gasteiger charge is -2.40. The number of anilines is 1. The van der Waals surface area contributed by atoms with E-state index in [1.54, 1.807) is 0 Å². The summed E-state index contributed by atoms with van der Waals surface area (Å²) in [5, 5.41) is 3.18. The van der Waals surface area contributed by atoms with Crippen LogP contribution in [0.5, 0.6) is 0 Å². The second kappa shape index (κ2) is 12.8. The third-order valence-electron chi connectivity index (χ3n) is 6.92. The van der Waals surface area contributed by atoms with E-state index in [-0.39, 0.29) is 30.0 Å². The van der Waals surface area contributed by atoms with Crippen LogP contribution in [0.4, 0.5) is 45.2 Å². The third kappa shape index (κ3) is 8.54. The molecule has 0 saturated heterocycles. The van der Waals surface area contributed by atoms with Crippen molar-refractivity contribution in [3.8, 4) is 0 Å². The Morgan fingerprint density at radius 3 is 1.93 bits per heavy atom. The van der Waals surface area contributed by atoms with E-state index in [9.17, 15) is 49.1 Å². The van der Waals surface area contributed by atoms with Crippen LogP contribution in [0.3, 0.4) is 0 Å². The molecule has 1 aliphatic carbocycles. The highest BCUT2D eigenvalue weighted by Gasteiger charge is 2.42. The van der Waals surface area contributed by atoms with Gasteiger partial charge in [0.2, 0.25) is 5.91 Å². The molecule has 42 heavy (non-hydrogen) atoms.